The minimum atomic E-state index is 0.186. The van der Waals surface area contributed by atoms with Gasteiger partial charge in [-0.1, -0.05) is 49.2 Å². The van der Waals surface area contributed by atoms with Crippen LogP contribution >= 0.6 is 22.9 Å². The lowest BCUT2D eigenvalue weighted by Gasteiger charge is -2.36. The molecule has 1 aromatic heterocycles. The molecule has 0 atom stereocenters. The van der Waals surface area contributed by atoms with Crippen molar-refractivity contribution < 1.29 is 4.79 Å². The first kappa shape index (κ1) is 18.3. The maximum absolute atomic E-state index is 13.3. The number of amides is 1. The third-order valence-corrected chi connectivity index (χ3v) is 6.57. The number of nitrogens with zero attached hydrogens (tertiary/aromatic N) is 2. The average Bonchev–Trinajstić information content (AvgIpc) is 3.07. The average molecular weight is 399 g/mol. The van der Waals surface area contributed by atoms with Crippen LogP contribution in [-0.2, 0) is 6.42 Å². The Morgan fingerprint density at radius 3 is 2.59 bits per heavy atom. The zero-order valence-corrected chi connectivity index (χ0v) is 17.0. The molecule has 2 aromatic carbocycles. The molecule has 27 heavy (non-hydrogen) atoms. The van der Waals surface area contributed by atoms with E-state index in [1.807, 2.05) is 29.2 Å². The molecule has 2 heterocycles. The lowest BCUT2D eigenvalue weighted by Crippen LogP contribution is -2.48. The summed E-state index contributed by atoms with van der Waals surface area (Å²) in [5.74, 6) is 0.186. The van der Waals surface area contributed by atoms with Gasteiger partial charge >= 0.3 is 0 Å². The lowest BCUT2D eigenvalue weighted by molar-refractivity contribution is 0.0751. The molecule has 1 amide bonds. The highest BCUT2D eigenvalue weighted by Crippen LogP contribution is 2.33. The van der Waals surface area contributed by atoms with Crippen molar-refractivity contribution in [1.82, 2.24) is 4.90 Å². The number of carbonyl (C=O) groups is 1. The summed E-state index contributed by atoms with van der Waals surface area (Å²) in [5.41, 5.74) is 2.35. The number of carbonyl (C=O) groups excluding carboxylic acids is 1. The zero-order chi connectivity index (χ0) is 18.8. The van der Waals surface area contributed by atoms with E-state index in [0.717, 1.165) is 54.6 Å². The molecule has 0 spiro atoms. The minimum absolute atomic E-state index is 0.186. The minimum Gasteiger partial charge on any atom is -0.368 e. The van der Waals surface area contributed by atoms with E-state index in [-0.39, 0.29) is 5.91 Å². The van der Waals surface area contributed by atoms with Crippen molar-refractivity contribution in [3.8, 4) is 0 Å². The first-order valence-corrected chi connectivity index (χ1v) is 10.7. The lowest BCUT2D eigenvalue weighted by atomic mass is 10.1. The smallest absolute Gasteiger partial charge is 0.264 e. The van der Waals surface area contributed by atoms with Gasteiger partial charge in [0.2, 0.25) is 0 Å². The summed E-state index contributed by atoms with van der Waals surface area (Å²) >= 11 is 7.76. The molecule has 1 saturated heterocycles. The second kappa shape index (κ2) is 7.91. The molecule has 1 fully saturated rings. The number of piperazine rings is 1. The number of hydrogen-bond donors (Lipinski definition) is 0. The van der Waals surface area contributed by atoms with Crippen molar-refractivity contribution in [2.75, 3.05) is 31.1 Å². The zero-order valence-electron chi connectivity index (χ0n) is 15.5. The quantitative estimate of drug-likeness (QED) is 0.581. The maximum atomic E-state index is 13.3. The standard InChI is InChI=1S/C22H23ClN2OS/c1-2-6-19-18-9-3-4-10-20(18)27-21(19)22(26)25-13-11-24(12-14-25)17-8-5-7-16(23)15-17/h3-5,7-10,15H,2,6,11-14H2,1H3. The van der Waals surface area contributed by atoms with Crippen molar-refractivity contribution in [3.63, 3.8) is 0 Å². The molecule has 0 bridgehead atoms. The Labute approximate surface area is 169 Å². The van der Waals surface area contributed by atoms with Crippen LogP contribution in [0.2, 0.25) is 5.02 Å². The summed E-state index contributed by atoms with van der Waals surface area (Å²) in [6.07, 6.45) is 2.00. The number of rotatable bonds is 4. The molecular weight excluding hydrogens is 376 g/mol. The van der Waals surface area contributed by atoms with E-state index in [4.69, 9.17) is 11.6 Å². The van der Waals surface area contributed by atoms with Crippen LogP contribution in [0.5, 0.6) is 0 Å². The van der Waals surface area contributed by atoms with Crippen LogP contribution in [0.25, 0.3) is 10.1 Å². The second-order valence-corrected chi connectivity index (χ2v) is 8.40. The summed E-state index contributed by atoms with van der Waals surface area (Å²) in [6.45, 7) is 5.32. The van der Waals surface area contributed by atoms with Crippen LogP contribution in [0.3, 0.4) is 0 Å². The number of anilines is 1. The van der Waals surface area contributed by atoms with E-state index >= 15 is 0 Å². The Balaban J connectivity index is 1.53. The fraction of sp³-hybridized carbons (Fsp3) is 0.318. The fourth-order valence-corrected chi connectivity index (χ4v) is 5.16. The number of benzene rings is 2. The van der Waals surface area contributed by atoms with Crippen LogP contribution in [-0.4, -0.2) is 37.0 Å². The molecule has 1 aliphatic rings. The topological polar surface area (TPSA) is 23.6 Å². The Morgan fingerprint density at radius 1 is 1.07 bits per heavy atom. The van der Waals surface area contributed by atoms with E-state index in [1.165, 1.54) is 15.6 Å². The normalized spacial score (nSPS) is 14.7. The van der Waals surface area contributed by atoms with Gasteiger partial charge in [0.15, 0.2) is 0 Å². The van der Waals surface area contributed by atoms with E-state index in [0.29, 0.717) is 0 Å². The highest BCUT2D eigenvalue weighted by atomic mass is 35.5. The molecule has 0 unspecified atom stereocenters. The Hall–Kier alpha value is -2.04. The van der Waals surface area contributed by atoms with Crippen LogP contribution in [0.4, 0.5) is 5.69 Å². The molecule has 140 valence electrons. The number of hydrogen-bond acceptors (Lipinski definition) is 3. The fourth-order valence-electron chi connectivity index (χ4n) is 3.75. The van der Waals surface area contributed by atoms with Crippen LogP contribution in [0, 0.1) is 0 Å². The van der Waals surface area contributed by atoms with Crippen LogP contribution in [0.1, 0.15) is 28.6 Å². The van der Waals surface area contributed by atoms with Gasteiger partial charge in [-0.15, -0.1) is 11.3 Å². The molecule has 3 aromatic rings. The first-order valence-electron chi connectivity index (χ1n) is 9.47. The van der Waals surface area contributed by atoms with Crippen molar-refractivity contribution in [2.24, 2.45) is 0 Å². The van der Waals surface area contributed by atoms with Crippen LogP contribution in [0.15, 0.2) is 48.5 Å². The molecule has 3 nitrogen and oxygen atoms in total. The van der Waals surface area contributed by atoms with Gasteiger partial charge in [-0.2, -0.15) is 0 Å². The van der Waals surface area contributed by atoms with Gasteiger partial charge in [-0.25, -0.2) is 0 Å². The predicted octanol–water partition coefficient (Wildman–Crippen LogP) is 5.47. The van der Waals surface area contributed by atoms with E-state index in [1.54, 1.807) is 11.3 Å². The molecule has 4 rings (SSSR count). The van der Waals surface area contributed by atoms with Gasteiger partial charge in [0.1, 0.15) is 0 Å². The van der Waals surface area contributed by atoms with Gasteiger partial charge < -0.3 is 9.80 Å². The van der Waals surface area contributed by atoms with Gasteiger partial charge in [-0.05, 0) is 41.6 Å². The van der Waals surface area contributed by atoms with Gasteiger partial charge in [0.05, 0.1) is 4.88 Å². The molecule has 1 aliphatic heterocycles. The van der Waals surface area contributed by atoms with Gasteiger partial charge in [0, 0.05) is 41.6 Å². The first-order chi connectivity index (χ1) is 13.2. The summed E-state index contributed by atoms with van der Waals surface area (Å²) in [7, 11) is 0. The Bertz CT molecular complexity index is 960. The largest absolute Gasteiger partial charge is 0.368 e. The van der Waals surface area contributed by atoms with E-state index < -0.39 is 0 Å². The Kier molecular flexibility index (Phi) is 5.37. The summed E-state index contributed by atoms with van der Waals surface area (Å²) < 4.78 is 1.21. The van der Waals surface area contributed by atoms with Crippen molar-refractivity contribution in [3.05, 3.63) is 64.0 Å². The molecular formula is C22H23ClN2OS. The van der Waals surface area contributed by atoms with Gasteiger partial charge in [0.25, 0.3) is 5.91 Å². The molecule has 0 aliphatic carbocycles. The summed E-state index contributed by atoms with van der Waals surface area (Å²) in [5, 5.41) is 1.99. The van der Waals surface area contributed by atoms with E-state index in [9.17, 15) is 4.79 Å². The summed E-state index contributed by atoms with van der Waals surface area (Å²) in [6, 6.07) is 16.3. The van der Waals surface area contributed by atoms with E-state index in [2.05, 4.69) is 36.1 Å². The monoisotopic (exact) mass is 398 g/mol. The third kappa shape index (κ3) is 3.69. The third-order valence-electron chi connectivity index (χ3n) is 5.13. The van der Waals surface area contributed by atoms with Gasteiger partial charge in [-0.3, -0.25) is 4.79 Å². The Morgan fingerprint density at radius 2 is 1.85 bits per heavy atom. The second-order valence-electron chi connectivity index (χ2n) is 6.92. The number of halogens is 1. The van der Waals surface area contributed by atoms with Crippen molar-refractivity contribution in [2.45, 2.75) is 19.8 Å². The summed E-state index contributed by atoms with van der Waals surface area (Å²) in [4.78, 5) is 18.5. The molecule has 5 heteroatoms. The molecule has 0 radical (unpaired) electrons. The van der Waals surface area contributed by atoms with Crippen molar-refractivity contribution in [1.29, 1.82) is 0 Å². The highest BCUT2D eigenvalue weighted by Gasteiger charge is 2.26. The highest BCUT2D eigenvalue weighted by molar-refractivity contribution is 7.21. The number of fused-ring (bicyclic) bond motifs is 1. The number of aryl methyl sites for hydroxylation is 1. The molecule has 0 saturated carbocycles. The SMILES string of the molecule is CCCc1c(C(=O)N2CCN(c3cccc(Cl)c3)CC2)sc2ccccc12. The maximum Gasteiger partial charge on any atom is 0.264 e. The van der Waals surface area contributed by atoms with Crippen LogP contribution < -0.4 is 4.90 Å². The number of thiophene rings is 1. The molecule has 0 N–H and O–H groups in total. The predicted molar refractivity (Wildman–Crippen MR) is 115 cm³/mol. The van der Waals surface area contributed by atoms with Crippen molar-refractivity contribution >= 4 is 44.6 Å².